The van der Waals surface area contributed by atoms with Crippen molar-refractivity contribution in [3.63, 3.8) is 0 Å². The van der Waals surface area contributed by atoms with E-state index in [1.165, 1.54) is 5.56 Å². The van der Waals surface area contributed by atoms with Gasteiger partial charge in [0.15, 0.2) is 0 Å². The van der Waals surface area contributed by atoms with E-state index in [1.807, 2.05) is 38.1 Å². The second-order valence-corrected chi connectivity index (χ2v) is 7.28. The van der Waals surface area contributed by atoms with Gasteiger partial charge in [-0.25, -0.2) is 0 Å². The number of carbonyl (C=O) groups is 2. The summed E-state index contributed by atoms with van der Waals surface area (Å²) < 4.78 is 0. The number of hydrogen-bond donors (Lipinski definition) is 2. The highest BCUT2D eigenvalue weighted by Gasteiger charge is 2.62. The van der Waals surface area contributed by atoms with Gasteiger partial charge in [-0.15, -0.1) is 0 Å². The van der Waals surface area contributed by atoms with E-state index in [9.17, 15) is 14.7 Å². The van der Waals surface area contributed by atoms with Gasteiger partial charge in [0.25, 0.3) is 0 Å². The molecule has 4 aliphatic carbocycles. The molecular formula is C19H21NO3. The van der Waals surface area contributed by atoms with Crippen LogP contribution in [0.15, 0.2) is 30.4 Å². The van der Waals surface area contributed by atoms with Gasteiger partial charge >= 0.3 is 5.97 Å². The first-order valence-electron chi connectivity index (χ1n) is 8.26. The van der Waals surface area contributed by atoms with Crippen LogP contribution in [-0.2, 0) is 9.59 Å². The highest BCUT2D eigenvalue weighted by Crippen LogP contribution is 2.63. The third kappa shape index (κ3) is 2.19. The van der Waals surface area contributed by atoms with E-state index in [0.717, 1.165) is 17.7 Å². The van der Waals surface area contributed by atoms with Crippen LogP contribution < -0.4 is 5.32 Å². The minimum Gasteiger partial charge on any atom is -0.481 e. The third-order valence-electron chi connectivity index (χ3n) is 6.01. The molecular weight excluding hydrogens is 290 g/mol. The lowest BCUT2D eigenvalue weighted by molar-refractivity contribution is -0.152. The Hall–Kier alpha value is -2.10. The van der Waals surface area contributed by atoms with E-state index in [4.69, 9.17) is 0 Å². The summed E-state index contributed by atoms with van der Waals surface area (Å²) >= 11 is 0. The molecule has 0 unspecified atom stereocenters. The highest BCUT2D eigenvalue weighted by atomic mass is 16.4. The minimum atomic E-state index is -0.838. The summed E-state index contributed by atoms with van der Waals surface area (Å²) in [5.74, 6) is -0.919. The van der Waals surface area contributed by atoms with Crippen LogP contribution in [0.2, 0.25) is 0 Å². The van der Waals surface area contributed by atoms with Gasteiger partial charge in [-0.05, 0) is 67.2 Å². The van der Waals surface area contributed by atoms with Crippen molar-refractivity contribution in [3.8, 4) is 0 Å². The molecule has 2 N–H and O–H groups in total. The van der Waals surface area contributed by atoms with Gasteiger partial charge < -0.3 is 10.4 Å². The lowest BCUT2D eigenvalue weighted by atomic mass is 9.62. The first kappa shape index (κ1) is 14.5. The number of carbonyl (C=O) groups excluding carboxylic acids is 1. The fraction of sp³-hybridized carbons (Fsp3) is 0.474. The molecule has 6 atom stereocenters. The van der Waals surface area contributed by atoms with E-state index in [-0.39, 0.29) is 17.7 Å². The van der Waals surface area contributed by atoms with Gasteiger partial charge in [0.05, 0.1) is 11.8 Å². The molecule has 120 valence electrons. The van der Waals surface area contributed by atoms with Crippen LogP contribution in [0.3, 0.4) is 0 Å². The van der Waals surface area contributed by atoms with Gasteiger partial charge in [0, 0.05) is 5.69 Å². The number of allylic oxidation sites excluding steroid dienone is 2. The number of fused-ring (bicyclic) bond motifs is 1. The number of aryl methyl sites for hydroxylation is 2. The molecule has 23 heavy (non-hydrogen) atoms. The number of aliphatic carboxylic acids is 1. The van der Waals surface area contributed by atoms with Crippen molar-refractivity contribution in [3.05, 3.63) is 41.5 Å². The molecule has 1 aromatic rings. The summed E-state index contributed by atoms with van der Waals surface area (Å²) in [6, 6.07) is 5.80. The maximum Gasteiger partial charge on any atom is 0.307 e. The molecule has 0 spiro atoms. The van der Waals surface area contributed by atoms with Crippen molar-refractivity contribution in [2.45, 2.75) is 20.3 Å². The first-order valence-corrected chi connectivity index (χ1v) is 8.26. The Morgan fingerprint density at radius 1 is 1.04 bits per heavy atom. The second-order valence-electron chi connectivity index (χ2n) is 7.28. The predicted octanol–water partition coefficient (Wildman–Crippen LogP) is 3.01. The number of rotatable bonds is 3. The first-order chi connectivity index (χ1) is 11.0. The predicted molar refractivity (Wildman–Crippen MR) is 86.9 cm³/mol. The molecule has 0 radical (unpaired) electrons. The fourth-order valence-corrected chi connectivity index (χ4v) is 4.61. The fourth-order valence-electron chi connectivity index (χ4n) is 4.61. The molecule has 4 heteroatoms. The molecule has 2 fully saturated rings. The van der Waals surface area contributed by atoms with Crippen LogP contribution in [0.1, 0.15) is 17.5 Å². The summed E-state index contributed by atoms with van der Waals surface area (Å²) in [7, 11) is 0. The molecule has 2 bridgehead atoms. The number of carboxylic acids is 1. The normalized spacial score (nSPS) is 36.4. The van der Waals surface area contributed by atoms with E-state index in [1.54, 1.807) is 0 Å². The molecule has 4 nitrogen and oxygen atoms in total. The Morgan fingerprint density at radius 3 is 2.30 bits per heavy atom. The molecule has 4 aliphatic rings. The summed E-state index contributed by atoms with van der Waals surface area (Å²) in [5.41, 5.74) is 3.04. The molecule has 0 saturated heterocycles. The molecule has 5 rings (SSSR count). The average molecular weight is 311 g/mol. The standard InChI is InChI=1S/C19H21NO3/c1-9-3-4-11(7-10(9)2)20-18(21)16-12-5-6-13(15-8-14(12)15)17(16)19(22)23/h3-7,12-17H,8H2,1-2H3,(H,20,21)(H,22,23)/t12-,13+,14+,15+,16-,17-/m0/s1. The number of amides is 1. The number of benzene rings is 1. The van der Waals surface area contributed by atoms with E-state index >= 15 is 0 Å². The molecule has 0 aliphatic heterocycles. The van der Waals surface area contributed by atoms with E-state index in [2.05, 4.69) is 11.4 Å². The zero-order valence-corrected chi connectivity index (χ0v) is 13.3. The second kappa shape index (κ2) is 4.95. The van der Waals surface area contributed by atoms with Crippen molar-refractivity contribution in [2.75, 3.05) is 5.32 Å². The van der Waals surface area contributed by atoms with Gasteiger partial charge in [0.1, 0.15) is 0 Å². The highest BCUT2D eigenvalue weighted by molar-refractivity contribution is 5.96. The number of nitrogens with one attached hydrogen (secondary N) is 1. The monoisotopic (exact) mass is 311 g/mol. The summed E-state index contributed by atoms with van der Waals surface area (Å²) in [4.78, 5) is 24.6. The van der Waals surface area contributed by atoms with Crippen molar-refractivity contribution >= 4 is 17.6 Å². The van der Waals surface area contributed by atoms with Crippen molar-refractivity contribution in [2.24, 2.45) is 35.5 Å². The van der Waals surface area contributed by atoms with Gasteiger partial charge in [-0.1, -0.05) is 18.2 Å². The largest absolute Gasteiger partial charge is 0.481 e. The quantitative estimate of drug-likeness (QED) is 0.843. The van der Waals surface area contributed by atoms with E-state index in [0.29, 0.717) is 11.8 Å². The maximum absolute atomic E-state index is 12.8. The van der Waals surface area contributed by atoms with Crippen LogP contribution >= 0.6 is 0 Å². The summed E-state index contributed by atoms with van der Waals surface area (Å²) in [6.07, 6.45) is 5.19. The lowest BCUT2D eigenvalue weighted by Gasteiger charge is -2.41. The van der Waals surface area contributed by atoms with Crippen molar-refractivity contribution in [1.29, 1.82) is 0 Å². The Labute approximate surface area is 135 Å². The number of hydrogen-bond acceptors (Lipinski definition) is 2. The van der Waals surface area contributed by atoms with Crippen LogP contribution in [0.25, 0.3) is 0 Å². The van der Waals surface area contributed by atoms with Crippen LogP contribution in [0.4, 0.5) is 5.69 Å². The molecule has 0 aromatic heterocycles. The van der Waals surface area contributed by atoms with Gasteiger partial charge in [-0.3, -0.25) is 9.59 Å². The smallest absolute Gasteiger partial charge is 0.307 e. The molecule has 1 aromatic carbocycles. The lowest BCUT2D eigenvalue weighted by Crippen LogP contribution is -2.48. The molecule has 0 heterocycles. The number of carboxylic acid groups (broad SMARTS) is 1. The topological polar surface area (TPSA) is 66.4 Å². The number of anilines is 1. The molecule has 1 amide bonds. The van der Waals surface area contributed by atoms with Gasteiger partial charge in [-0.2, -0.15) is 0 Å². The van der Waals surface area contributed by atoms with Crippen LogP contribution in [0, 0.1) is 49.4 Å². The zero-order valence-electron chi connectivity index (χ0n) is 13.3. The SMILES string of the molecule is Cc1ccc(NC(=O)[C@H]2[C@H]3C=C[C@H]([C@H]4C[C@H]34)[C@@H]2C(=O)O)cc1C. The third-order valence-corrected chi connectivity index (χ3v) is 6.01. The van der Waals surface area contributed by atoms with Crippen LogP contribution in [0.5, 0.6) is 0 Å². The average Bonchev–Trinajstić information content (AvgIpc) is 3.32. The Balaban J connectivity index is 1.60. The Bertz CT molecular complexity index is 723. The summed E-state index contributed by atoms with van der Waals surface area (Å²) in [5, 5.41) is 12.6. The molecule has 2 saturated carbocycles. The van der Waals surface area contributed by atoms with Crippen LogP contribution in [-0.4, -0.2) is 17.0 Å². The van der Waals surface area contributed by atoms with Gasteiger partial charge in [0.2, 0.25) is 5.91 Å². The summed E-state index contributed by atoms with van der Waals surface area (Å²) in [6.45, 7) is 4.03. The van der Waals surface area contributed by atoms with Crippen molar-refractivity contribution in [1.82, 2.24) is 0 Å². The minimum absolute atomic E-state index is 0.0259. The maximum atomic E-state index is 12.8. The Kier molecular flexibility index (Phi) is 3.12. The van der Waals surface area contributed by atoms with Crippen molar-refractivity contribution < 1.29 is 14.7 Å². The zero-order chi connectivity index (χ0) is 16.3. The Morgan fingerprint density at radius 2 is 1.70 bits per heavy atom. The van der Waals surface area contributed by atoms with E-state index < -0.39 is 17.8 Å².